The monoisotopic (exact) mass is 428 g/mol. The number of nitrogens with zero attached hydrogens (tertiary/aromatic N) is 5. The summed E-state index contributed by atoms with van der Waals surface area (Å²) in [5.74, 6) is -0.531. The van der Waals surface area contributed by atoms with Gasteiger partial charge in [-0.1, -0.05) is 15.9 Å². The minimum absolute atomic E-state index is 0.246. The minimum Gasteiger partial charge on any atom is -0.350 e. The molecule has 2 aromatic carbocycles. The molecule has 0 unspecified atom stereocenters. The van der Waals surface area contributed by atoms with Crippen LogP contribution >= 0.6 is 15.9 Å². The first-order chi connectivity index (χ1) is 13.1. The third-order valence-electron chi connectivity index (χ3n) is 4.17. The molecule has 27 heavy (non-hydrogen) atoms. The highest BCUT2D eigenvalue weighted by Gasteiger charge is 2.14. The second kappa shape index (κ2) is 7.28. The molecular formula is C18H14BrFN6O. The van der Waals surface area contributed by atoms with E-state index >= 15 is 0 Å². The maximum atomic E-state index is 13.5. The number of hydrogen-bond acceptors (Lipinski definition) is 4. The molecule has 0 aliphatic heterocycles. The van der Waals surface area contributed by atoms with Crippen molar-refractivity contribution in [2.45, 2.75) is 6.54 Å². The highest BCUT2D eigenvalue weighted by Crippen LogP contribution is 2.20. The van der Waals surface area contributed by atoms with E-state index in [4.69, 9.17) is 0 Å². The van der Waals surface area contributed by atoms with E-state index in [0.717, 1.165) is 15.4 Å². The van der Waals surface area contributed by atoms with Crippen molar-refractivity contribution in [2.75, 3.05) is 6.54 Å². The predicted molar refractivity (Wildman–Crippen MR) is 101 cm³/mol. The Morgan fingerprint density at radius 3 is 2.89 bits per heavy atom. The van der Waals surface area contributed by atoms with Crippen molar-refractivity contribution < 1.29 is 9.18 Å². The maximum absolute atomic E-state index is 13.5. The van der Waals surface area contributed by atoms with Crippen LogP contribution in [-0.2, 0) is 6.54 Å². The number of tetrazole rings is 1. The molecule has 2 aromatic heterocycles. The van der Waals surface area contributed by atoms with Crippen molar-refractivity contribution in [1.29, 1.82) is 0 Å². The van der Waals surface area contributed by atoms with Crippen LogP contribution < -0.4 is 5.32 Å². The summed E-state index contributed by atoms with van der Waals surface area (Å²) < 4.78 is 17.6. The molecule has 4 rings (SSSR count). The summed E-state index contributed by atoms with van der Waals surface area (Å²) in [5, 5.41) is 14.9. The molecule has 2 heterocycles. The first-order valence-corrected chi connectivity index (χ1v) is 8.96. The molecule has 0 saturated carbocycles. The van der Waals surface area contributed by atoms with E-state index in [1.807, 2.05) is 22.9 Å². The fraction of sp³-hybridized carbons (Fsp3) is 0.111. The Bertz CT molecular complexity index is 1110. The highest BCUT2D eigenvalue weighted by molar-refractivity contribution is 9.10. The molecule has 136 valence electrons. The average Bonchev–Trinajstić information content (AvgIpc) is 3.32. The molecule has 1 amide bonds. The van der Waals surface area contributed by atoms with E-state index in [1.165, 1.54) is 23.1 Å². The van der Waals surface area contributed by atoms with Gasteiger partial charge in [-0.2, -0.15) is 4.68 Å². The number of fused-ring (bicyclic) bond motifs is 1. The lowest BCUT2D eigenvalue weighted by molar-refractivity contribution is 0.0952. The van der Waals surface area contributed by atoms with E-state index < -0.39 is 0 Å². The lowest BCUT2D eigenvalue weighted by atomic mass is 10.1. The molecule has 0 fully saturated rings. The van der Waals surface area contributed by atoms with Gasteiger partial charge in [-0.15, -0.1) is 5.10 Å². The lowest BCUT2D eigenvalue weighted by Gasteiger charge is -2.11. The molecule has 0 saturated heterocycles. The molecule has 0 radical (unpaired) electrons. The molecule has 1 N–H and O–H groups in total. The smallest absolute Gasteiger partial charge is 0.253 e. The topological polar surface area (TPSA) is 77.6 Å². The Morgan fingerprint density at radius 1 is 1.19 bits per heavy atom. The van der Waals surface area contributed by atoms with Gasteiger partial charge in [0.2, 0.25) is 0 Å². The summed E-state index contributed by atoms with van der Waals surface area (Å²) in [6.45, 7) is 0.910. The average molecular weight is 429 g/mol. The van der Waals surface area contributed by atoms with Crippen LogP contribution in [0, 0.1) is 5.82 Å². The number of hydrogen-bond donors (Lipinski definition) is 1. The van der Waals surface area contributed by atoms with Gasteiger partial charge < -0.3 is 9.88 Å². The van der Waals surface area contributed by atoms with Crippen LogP contribution in [0.2, 0.25) is 0 Å². The third kappa shape index (κ3) is 3.59. The molecule has 0 aliphatic rings. The summed E-state index contributed by atoms with van der Waals surface area (Å²) in [7, 11) is 0. The molecular weight excluding hydrogens is 415 g/mol. The Morgan fingerprint density at radius 2 is 2.07 bits per heavy atom. The second-order valence-electron chi connectivity index (χ2n) is 5.88. The van der Waals surface area contributed by atoms with Crippen molar-refractivity contribution in [1.82, 2.24) is 30.1 Å². The number of aromatic nitrogens is 5. The van der Waals surface area contributed by atoms with E-state index in [1.54, 1.807) is 18.2 Å². The van der Waals surface area contributed by atoms with Crippen LogP contribution in [0.4, 0.5) is 4.39 Å². The predicted octanol–water partition coefficient (Wildman–Crippen LogP) is 2.95. The molecule has 0 aliphatic carbocycles. The summed E-state index contributed by atoms with van der Waals surface area (Å²) in [6, 6.07) is 11.9. The largest absolute Gasteiger partial charge is 0.350 e. The van der Waals surface area contributed by atoms with Crippen molar-refractivity contribution >= 4 is 32.7 Å². The number of carbonyl (C=O) groups excluding carboxylic acids is 1. The Balaban J connectivity index is 1.50. The van der Waals surface area contributed by atoms with Gasteiger partial charge in [0.1, 0.15) is 12.1 Å². The Labute approximate surface area is 161 Å². The number of benzene rings is 2. The van der Waals surface area contributed by atoms with Gasteiger partial charge in [-0.25, -0.2) is 4.39 Å². The number of halogens is 2. The third-order valence-corrected chi connectivity index (χ3v) is 4.67. The van der Waals surface area contributed by atoms with Gasteiger partial charge in [-0.3, -0.25) is 4.79 Å². The van der Waals surface area contributed by atoms with Crippen LogP contribution in [-0.4, -0.2) is 37.2 Å². The van der Waals surface area contributed by atoms with Gasteiger partial charge in [0.05, 0.1) is 16.8 Å². The summed E-state index contributed by atoms with van der Waals surface area (Å²) in [5.41, 5.74) is 1.82. The number of nitrogens with one attached hydrogen (secondary N) is 1. The van der Waals surface area contributed by atoms with Crippen molar-refractivity contribution in [3.05, 3.63) is 70.8 Å². The zero-order valence-corrected chi connectivity index (χ0v) is 15.6. The molecule has 0 atom stereocenters. The highest BCUT2D eigenvalue weighted by atomic mass is 79.9. The van der Waals surface area contributed by atoms with Crippen molar-refractivity contribution in [2.24, 2.45) is 0 Å². The van der Waals surface area contributed by atoms with Gasteiger partial charge in [-0.05, 0) is 58.3 Å². The fourth-order valence-corrected chi connectivity index (χ4v) is 3.26. The van der Waals surface area contributed by atoms with E-state index in [9.17, 15) is 9.18 Å². The van der Waals surface area contributed by atoms with Gasteiger partial charge in [0, 0.05) is 23.8 Å². The molecule has 9 heteroatoms. The standard InChI is InChI=1S/C18H14BrFN6O/c19-13-2-4-16(26-11-22-23-24-26)15(9-13)18(27)21-6-8-25-7-5-12-1-3-14(20)10-17(12)25/h1-5,7,9-11H,6,8H2,(H,21,27). The SMILES string of the molecule is O=C(NCCn1ccc2ccc(F)cc21)c1cc(Br)ccc1-n1cnnn1. The summed E-state index contributed by atoms with van der Waals surface area (Å²) in [4.78, 5) is 12.7. The first-order valence-electron chi connectivity index (χ1n) is 8.17. The quantitative estimate of drug-likeness (QED) is 0.529. The number of amides is 1. The van der Waals surface area contributed by atoms with Crippen LogP contribution in [0.25, 0.3) is 16.6 Å². The Hall–Kier alpha value is -3.07. The van der Waals surface area contributed by atoms with Crippen molar-refractivity contribution in [3.8, 4) is 5.69 Å². The van der Waals surface area contributed by atoms with E-state index in [-0.39, 0.29) is 11.7 Å². The second-order valence-corrected chi connectivity index (χ2v) is 6.80. The Kier molecular flexibility index (Phi) is 4.68. The normalized spacial score (nSPS) is 11.0. The number of rotatable bonds is 5. The fourth-order valence-electron chi connectivity index (χ4n) is 2.90. The van der Waals surface area contributed by atoms with Crippen LogP contribution in [0.3, 0.4) is 0 Å². The first kappa shape index (κ1) is 17.3. The van der Waals surface area contributed by atoms with E-state index in [2.05, 4.69) is 36.8 Å². The van der Waals surface area contributed by atoms with Gasteiger partial charge in [0.25, 0.3) is 5.91 Å². The molecule has 0 bridgehead atoms. The van der Waals surface area contributed by atoms with Gasteiger partial charge >= 0.3 is 0 Å². The van der Waals surface area contributed by atoms with Crippen molar-refractivity contribution in [3.63, 3.8) is 0 Å². The maximum Gasteiger partial charge on any atom is 0.253 e. The van der Waals surface area contributed by atoms with Gasteiger partial charge in [0.15, 0.2) is 0 Å². The van der Waals surface area contributed by atoms with Crippen LogP contribution in [0.1, 0.15) is 10.4 Å². The summed E-state index contributed by atoms with van der Waals surface area (Å²) in [6.07, 6.45) is 3.31. The molecule has 4 aromatic rings. The summed E-state index contributed by atoms with van der Waals surface area (Å²) >= 11 is 3.38. The van der Waals surface area contributed by atoms with E-state index in [0.29, 0.717) is 24.3 Å². The molecule has 7 nitrogen and oxygen atoms in total. The molecule has 0 spiro atoms. The lowest BCUT2D eigenvalue weighted by Crippen LogP contribution is -2.28. The number of carbonyl (C=O) groups is 1. The zero-order valence-electron chi connectivity index (χ0n) is 14.0. The zero-order chi connectivity index (χ0) is 18.8. The van der Waals surface area contributed by atoms with Crippen LogP contribution in [0.15, 0.2) is 59.5 Å². The van der Waals surface area contributed by atoms with Crippen LogP contribution in [0.5, 0.6) is 0 Å². The minimum atomic E-state index is -0.285.